The summed E-state index contributed by atoms with van der Waals surface area (Å²) in [5.74, 6) is 0.626. The van der Waals surface area contributed by atoms with E-state index in [1.807, 2.05) is 76.2 Å². The minimum Gasteiger partial charge on any atom is -0.348 e. The zero-order valence-corrected chi connectivity index (χ0v) is 17.7. The fourth-order valence-electron chi connectivity index (χ4n) is 3.62. The van der Waals surface area contributed by atoms with Crippen molar-refractivity contribution in [1.29, 1.82) is 0 Å². The van der Waals surface area contributed by atoms with Gasteiger partial charge in [0.15, 0.2) is 5.82 Å². The van der Waals surface area contributed by atoms with Crippen LogP contribution >= 0.6 is 11.3 Å². The zero-order chi connectivity index (χ0) is 21.2. The van der Waals surface area contributed by atoms with Crippen molar-refractivity contribution >= 4 is 28.3 Å². The third kappa shape index (κ3) is 3.85. The van der Waals surface area contributed by atoms with Crippen LogP contribution in [0.1, 0.15) is 18.5 Å². The van der Waals surface area contributed by atoms with E-state index in [4.69, 9.17) is 4.98 Å². The normalized spacial score (nSPS) is 12.2. The second-order valence-corrected chi connectivity index (χ2v) is 7.95. The average molecular weight is 429 g/mol. The number of carbonyl (C=O) groups excluding carboxylic acids is 1. The first-order valence-electron chi connectivity index (χ1n) is 9.90. The van der Waals surface area contributed by atoms with Crippen LogP contribution in [-0.2, 0) is 11.3 Å². The van der Waals surface area contributed by atoms with E-state index in [-0.39, 0.29) is 18.5 Å². The smallest absolute Gasteiger partial charge is 0.240 e. The summed E-state index contributed by atoms with van der Waals surface area (Å²) in [6, 6.07) is 15.8. The molecule has 3 heterocycles. The number of nitrogens with zero attached hydrogens (tertiary/aromatic N) is 5. The number of hydrogen-bond acceptors (Lipinski definition) is 5. The number of rotatable bonds is 6. The number of nitrogens with one attached hydrogen (secondary N) is 1. The van der Waals surface area contributed by atoms with Gasteiger partial charge in [-0.15, -0.1) is 11.3 Å². The van der Waals surface area contributed by atoms with Crippen LogP contribution in [-0.4, -0.2) is 30.0 Å². The van der Waals surface area contributed by atoms with Crippen LogP contribution in [0.4, 0.5) is 0 Å². The molecule has 0 aliphatic carbocycles. The summed E-state index contributed by atoms with van der Waals surface area (Å²) in [5, 5.41) is 5.05. The van der Waals surface area contributed by atoms with Gasteiger partial charge in [0, 0.05) is 23.5 Å². The number of amides is 1. The maximum absolute atomic E-state index is 12.9. The summed E-state index contributed by atoms with van der Waals surface area (Å²) >= 11 is 1.51. The second kappa shape index (κ2) is 8.16. The van der Waals surface area contributed by atoms with Crippen LogP contribution in [0.2, 0.25) is 0 Å². The first-order chi connectivity index (χ1) is 15.2. The number of thiazole rings is 1. The lowest BCUT2D eigenvalue weighted by Gasteiger charge is -2.16. The van der Waals surface area contributed by atoms with Crippen LogP contribution in [0.25, 0.3) is 28.2 Å². The molecular formula is C23H20N6OS. The van der Waals surface area contributed by atoms with Crippen LogP contribution < -0.4 is 5.32 Å². The Hall–Kier alpha value is -3.78. The van der Waals surface area contributed by atoms with E-state index >= 15 is 0 Å². The number of aromatic nitrogens is 5. The van der Waals surface area contributed by atoms with Gasteiger partial charge < -0.3 is 14.5 Å². The van der Waals surface area contributed by atoms with Gasteiger partial charge in [-0.3, -0.25) is 4.79 Å². The molecule has 5 rings (SSSR count). The van der Waals surface area contributed by atoms with Crippen LogP contribution in [0, 0.1) is 0 Å². The number of fused-ring (bicyclic) bond motifs is 1. The molecule has 3 aromatic heterocycles. The highest BCUT2D eigenvalue weighted by Gasteiger charge is 2.17. The lowest BCUT2D eigenvalue weighted by molar-refractivity contribution is -0.122. The first kappa shape index (κ1) is 19.2. The average Bonchev–Trinajstić information content (AvgIpc) is 3.55. The summed E-state index contributed by atoms with van der Waals surface area (Å²) < 4.78 is 3.87. The second-order valence-electron chi connectivity index (χ2n) is 7.23. The molecule has 1 N–H and O–H groups in total. The molecule has 0 saturated carbocycles. The molecule has 0 saturated heterocycles. The monoisotopic (exact) mass is 428 g/mol. The molecule has 31 heavy (non-hydrogen) atoms. The van der Waals surface area contributed by atoms with Crippen molar-refractivity contribution in [3.05, 3.63) is 83.7 Å². The SMILES string of the molecule is C[C@H](NC(=O)Cn1c(-c2cscn2)nc2ccccc21)c1ccc(-n2ccnc2)cc1. The van der Waals surface area contributed by atoms with Crippen molar-refractivity contribution in [2.75, 3.05) is 0 Å². The summed E-state index contributed by atoms with van der Waals surface area (Å²) in [6.07, 6.45) is 5.40. The van der Waals surface area contributed by atoms with E-state index < -0.39 is 0 Å². The van der Waals surface area contributed by atoms with E-state index in [1.165, 1.54) is 11.3 Å². The summed E-state index contributed by atoms with van der Waals surface area (Å²) in [7, 11) is 0. The topological polar surface area (TPSA) is 77.6 Å². The van der Waals surface area contributed by atoms with Gasteiger partial charge in [0.25, 0.3) is 0 Å². The Morgan fingerprint density at radius 2 is 2.00 bits per heavy atom. The van der Waals surface area contributed by atoms with Crippen molar-refractivity contribution in [1.82, 2.24) is 29.4 Å². The van der Waals surface area contributed by atoms with E-state index in [1.54, 1.807) is 18.0 Å². The third-order valence-electron chi connectivity index (χ3n) is 5.19. The highest BCUT2D eigenvalue weighted by molar-refractivity contribution is 7.07. The van der Waals surface area contributed by atoms with Gasteiger partial charge in [-0.2, -0.15) is 0 Å². The minimum absolute atomic E-state index is 0.0779. The quantitative estimate of drug-likeness (QED) is 0.439. The van der Waals surface area contributed by atoms with Crippen LogP contribution in [0.5, 0.6) is 0 Å². The number of carbonyl (C=O) groups is 1. The molecule has 2 aromatic carbocycles. The minimum atomic E-state index is -0.123. The fraction of sp³-hybridized carbons (Fsp3) is 0.130. The Kier molecular flexibility index (Phi) is 5.05. The molecule has 1 atom stereocenters. The predicted molar refractivity (Wildman–Crippen MR) is 121 cm³/mol. The largest absolute Gasteiger partial charge is 0.348 e. The van der Waals surface area contributed by atoms with Gasteiger partial charge in [-0.25, -0.2) is 15.0 Å². The molecule has 5 aromatic rings. The zero-order valence-electron chi connectivity index (χ0n) is 16.8. The summed E-state index contributed by atoms with van der Waals surface area (Å²) in [6.45, 7) is 2.16. The lowest BCUT2D eigenvalue weighted by atomic mass is 10.1. The maximum atomic E-state index is 12.9. The van der Waals surface area contributed by atoms with Crippen molar-refractivity contribution < 1.29 is 4.79 Å². The fourth-order valence-corrected chi connectivity index (χ4v) is 4.15. The number of hydrogen-bond donors (Lipinski definition) is 1. The molecule has 0 bridgehead atoms. The number of para-hydroxylation sites is 2. The standard InChI is InChI=1S/C23H20N6OS/c1-16(17-6-8-18(9-7-17)28-11-10-24-14-28)26-22(30)12-29-21-5-3-2-4-19(21)27-23(29)20-13-31-15-25-20/h2-11,13-16H,12H2,1H3,(H,26,30)/t16-/m0/s1. The van der Waals surface area contributed by atoms with Gasteiger partial charge in [-0.05, 0) is 36.8 Å². The Morgan fingerprint density at radius 3 is 2.74 bits per heavy atom. The number of imidazole rings is 2. The van der Waals surface area contributed by atoms with Crippen molar-refractivity contribution in [3.8, 4) is 17.2 Å². The Morgan fingerprint density at radius 1 is 1.16 bits per heavy atom. The van der Waals surface area contributed by atoms with Gasteiger partial charge >= 0.3 is 0 Å². The molecule has 154 valence electrons. The van der Waals surface area contributed by atoms with Gasteiger partial charge in [-0.1, -0.05) is 24.3 Å². The predicted octanol–water partition coefficient (Wildman–Crippen LogP) is 4.22. The first-order valence-corrected chi connectivity index (χ1v) is 10.8. The molecule has 0 radical (unpaired) electrons. The van der Waals surface area contributed by atoms with Crippen molar-refractivity contribution in [2.45, 2.75) is 19.5 Å². The van der Waals surface area contributed by atoms with Gasteiger partial charge in [0.1, 0.15) is 12.2 Å². The van der Waals surface area contributed by atoms with Crippen molar-refractivity contribution in [2.24, 2.45) is 0 Å². The molecular weight excluding hydrogens is 408 g/mol. The highest BCUT2D eigenvalue weighted by Crippen LogP contribution is 2.25. The Balaban J connectivity index is 1.35. The molecule has 0 spiro atoms. The molecule has 1 amide bonds. The van der Waals surface area contributed by atoms with Crippen LogP contribution in [0.3, 0.4) is 0 Å². The Labute approximate surface area is 183 Å². The van der Waals surface area contributed by atoms with E-state index in [0.29, 0.717) is 5.82 Å². The summed E-state index contributed by atoms with van der Waals surface area (Å²) in [5.41, 5.74) is 6.37. The molecule has 8 heteroatoms. The van der Waals surface area contributed by atoms with Gasteiger partial charge in [0.2, 0.25) is 5.91 Å². The lowest BCUT2D eigenvalue weighted by Crippen LogP contribution is -2.30. The Bertz CT molecular complexity index is 1310. The van der Waals surface area contributed by atoms with E-state index in [2.05, 4.69) is 15.3 Å². The number of benzene rings is 2. The molecule has 0 fully saturated rings. The molecule has 0 unspecified atom stereocenters. The van der Waals surface area contributed by atoms with E-state index in [0.717, 1.165) is 28.0 Å². The van der Waals surface area contributed by atoms with E-state index in [9.17, 15) is 4.79 Å². The van der Waals surface area contributed by atoms with Gasteiger partial charge in [0.05, 0.1) is 28.9 Å². The molecule has 0 aliphatic rings. The molecule has 0 aliphatic heterocycles. The summed E-state index contributed by atoms with van der Waals surface area (Å²) in [4.78, 5) is 26.1. The highest BCUT2D eigenvalue weighted by atomic mass is 32.1. The van der Waals surface area contributed by atoms with Crippen molar-refractivity contribution in [3.63, 3.8) is 0 Å². The third-order valence-corrected chi connectivity index (χ3v) is 5.78. The van der Waals surface area contributed by atoms with Crippen LogP contribution in [0.15, 0.2) is 78.1 Å². The maximum Gasteiger partial charge on any atom is 0.240 e. The molecule has 7 nitrogen and oxygen atoms in total.